The summed E-state index contributed by atoms with van der Waals surface area (Å²) in [5.74, 6) is 0. The summed E-state index contributed by atoms with van der Waals surface area (Å²) in [6.45, 7) is 9.97. The first kappa shape index (κ1) is 13.1. The van der Waals surface area contributed by atoms with Gasteiger partial charge in [-0.1, -0.05) is 6.92 Å². The smallest absolute Gasteiger partial charge is 0.150 e. The Morgan fingerprint density at radius 3 is 2.50 bits per heavy atom. The predicted octanol–water partition coefficient (Wildman–Crippen LogP) is 2.34. The summed E-state index contributed by atoms with van der Waals surface area (Å²) in [5, 5.41) is 0. The molecule has 0 N–H and O–H groups in total. The molecule has 1 aromatic carbocycles. The number of nitrogens with zero attached hydrogens (tertiary/aromatic N) is 2. The summed E-state index contributed by atoms with van der Waals surface area (Å²) >= 11 is 0. The van der Waals surface area contributed by atoms with E-state index in [0.717, 1.165) is 38.0 Å². The fourth-order valence-corrected chi connectivity index (χ4v) is 2.64. The lowest BCUT2D eigenvalue weighted by Crippen LogP contribution is -2.46. The first-order valence-electron chi connectivity index (χ1n) is 6.77. The molecule has 3 nitrogen and oxygen atoms in total. The van der Waals surface area contributed by atoms with Crippen LogP contribution in [0.25, 0.3) is 0 Å². The van der Waals surface area contributed by atoms with E-state index in [4.69, 9.17) is 0 Å². The molecule has 0 saturated carbocycles. The molecular weight excluding hydrogens is 224 g/mol. The van der Waals surface area contributed by atoms with Crippen molar-refractivity contribution >= 4 is 12.0 Å². The van der Waals surface area contributed by atoms with Gasteiger partial charge in [-0.25, -0.2) is 0 Å². The molecule has 2 rings (SSSR count). The molecule has 98 valence electrons. The first-order valence-corrected chi connectivity index (χ1v) is 6.77. The van der Waals surface area contributed by atoms with E-state index >= 15 is 0 Å². The maximum Gasteiger partial charge on any atom is 0.150 e. The average molecular weight is 246 g/mol. The highest BCUT2D eigenvalue weighted by Gasteiger charge is 2.17. The Morgan fingerprint density at radius 1 is 1.22 bits per heavy atom. The molecule has 1 heterocycles. The molecule has 0 bridgehead atoms. The molecule has 1 fully saturated rings. The molecule has 0 spiro atoms. The number of aldehydes is 1. The summed E-state index contributed by atoms with van der Waals surface area (Å²) in [6, 6.07) is 5.96. The normalized spacial score (nSPS) is 16.9. The third kappa shape index (κ3) is 2.91. The molecule has 1 aliphatic heterocycles. The standard InChI is InChI=1S/C15H22N2O/c1-3-6-16-7-9-17(10-8-16)15-5-4-14(12-18)11-13(15)2/h4-5,11-12H,3,6-10H2,1-2H3. The van der Waals surface area contributed by atoms with E-state index in [-0.39, 0.29) is 0 Å². The van der Waals surface area contributed by atoms with Crippen molar-refractivity contribution < 1.29 is 4.79 Å². The van der Waals surface area contributed by atoms with Crippen molar-refractivity contribution in [3.8, 4) is 0 Å². The summed E-state index contributed by atoms with van der Waals surface area (Å²) < 4.78 is 0. The van der Waals surface area contributed by atoms with Crippen LogP contribution in [0.15, 0.2) is 18.2 Å². The second-order valence-corrected chi connectivity index (χ2v) is 4.99. The molecule has 0 amide bonds. The van der Waals surface area contributed by atoms with Crippen LogP contribution in [0.4, 0.5) is 5.69 Å². The van der Waals surface area contributed by atoms with Crippen molar-refractivity contribution in [1.29, 1.82) is 0 Å². The summed E-state index contributed by atoms with van der Waals surface area (Å²) in [6.07, 6.45) is 2.14. The van der Waals surface area contributed by atoms with Gasteiger partial charge in [-0.3, -0.25) is 9.69 Å². The van der Waals surface area contributed by atoms with E-state index in [1.807, 2.05) is 12.1 Å². The molecule has 0 radical (unpaired) electrons. The fourth-order valence-electron chi connectivity index (χ4n) is 2.64. The van der Waals surface area contributed by atoms with Gasteiger partial charge in [0.15, 0.2) is 0 Å². The Kier molecular flexibility index (Phi) is 4.37. The van der Waals surface area contributed by atoms with Crippen LogP contribution in [0, 0.1) is 6.92 Å². The lowest BCUT2D eigenvalue weighted by molar-refractivity contribution is 0.112. The third-order valence-electron chi connectivity index (χ3n) is 3.61. The molecule has 0 aliphatic carbocycles. The summed E-state index contributed by atoms with van der Waals surface area (Å²) in [5.41, 5.74) is 3.24. The van der Waals surface area contributed by atoms with E-state index in [9.17, 15) is 4.79 Å². The van der Waals surface area contributed by atoms with E-state index in [0.29, 0.717) is 0 Å². The Labute approximate surface area is 109 Å². The fraction of sp³-hybridized carbons (Fsp3) is 0.533. The number of piperazine rings is 1. The number of rotatable bonds is 4. The highest BCUT2D eigenvalue weighted by molar-refractivity contribution is 5.77. The number of benzene rings is 1. The quantitative estimate of drug-likeness (QED) is 0.762. The molecule has 0 atom stereocenters. The Morgan fingerprint density at radius 2 is 1.94 bits per heavy atom. The highest BCUT2D eigenvalue weighted by atomic mass is 16.1. The van der Waals surface area contributed by atoms with E-state index < -0.39 is 0 Å². The van der Waals surface area contributed by atoms with Crippen LogP contribution in [0.5, 0.6) is 0 Å². The van der Waals surface area contributed by atoms with Gasteiger partial charge in [0.1, 0.15) is 6.29 Å². The van der Waals surface area contributed by atoms with Crippen molar-refractivity contribution in [3.63, 3.8) is 0 Å². The number of carbonyl (C=O) groups is 1. The zero-order valence-electron chi connectivity index (χ0n) is 11.4. The lowest BCUT2D eigenvalue weighted by atomic mass is 10.1. The van der Waals surface area contributed by atoms with Gasteiger partial charge in [0.2, 0.25) is 0 Å². The average Bonchev–Trinajstić information content (AvgIpc) is 2.40. The van der Waals surface area contributed by atoms with Gasteiger partial charge in [0, 0.05) is 37.4 Å². The minimum absolute atomic E-state index is 0.765. The van der Waals surface area contributed by atoms with Crippen LogP contribution < -0.4 is 4.90 Å². The third-order valence-corrected chi connectivity index (χ3v) is 3.61. The molecule has 1 aromatic rings. The summed E-state index contributed by atoms with van der Waals surface area (Å²) in [7, 11) is 0. The zero-order chi connectivity index (χ0) is 13.0. The maximum atomic E-state index is 10.7. The van der Waals surface area contributed by atoms with Crippen LogP contribution >= 0.6 is 0 Å². The Balaban J connectivity index is 2.03. The van der Waals surface area contributed by atoms with Gasteiger partial charge >= 0.3 is 0 Å². The maximum absolute atomic E-state index is 10.7. The minimum Gasteiger partial charge on any atom is -0.369 e. The molecule has 3 heteroatoms. The van der Waals surface area contributed by atoms with Crippen LogP contribution in [0.1, 0.15) is 29.3 Å². The van der Waals surface area contributed by atoms with Crippen molar-refractivity contribution in [3.05, 3.63) is 29.3 Å². The van der Waals surface area contributed by atoms with Crippen LogP contribution in [-0.2, 0) is 0 Å². The molecule has 0 unspecified atom stereocenters. The zero-order valence-corrected chi connectivity index (χ0v) is 11.4. The number of aryl methyl sites for hydroxylation is 1. The van der Waals surface area contributed by atoms with Crippen molar-refractivity contribution in [2.75, 3.05) is 37.6 Å². The predicted molar refractivity (Wildman–Crippen MR) is 75.5 cm³/mol. The van der Waals surface area contributed by atoms with Crippen molar-refractivity contribution in [1.82, 2.24) is 4.90 Å². The first-order chi connectivity index (χ1) is 8.74. The topological polar surface area (TPSA) is 23.6 Å². The van der Waals surface area contributed by atoms with Gasteiger partial charge in [-0.2, -0.15) is 0 Å². The van der Waals surface area contributed by atoms with Crippen LogP contribution in [0.2, 0.25) is 0 Å². The molecule has 1 saturated heterocycles. The lowest BCUT2D eigenvalue weighted by Gasteiger charge is -2.36. The van der Waals surface area contributed by atoms with E-state index in [1.165, 1.54) is 24.2 Å². The Bertz CT molecular complexity index is 409. The van der Waals surface area contributed by atoms with E-state index in [2.05, 4.69) is 29.7 Å². The van der Waals surface area contributed by atoms with Gasteiger partial charge in [0.25, 0.3) is 0 Å². The number of anilines is 1. The largest absolute Gasteiger partial charge is 0.369 e. The van der Waals surface area contributed by atoms with Gasteiger partial charge < -0.3 is 4.90 Å². The second kappa shape index (κ2) is 6.01. The van der Waals surface area contributed by atoms with Gasteiger partial charge in [-0.15, -0.1) is 0 Å². The Hall–Kier alpha value is -1.35. The highest BCUT2D eigenvalue weighted by Crippen LogP contribution is 2.22. The molecule has 18 heavy (non-hydrogen) atoms. The van der Waals surface area contributed by atoms with E-state index in [1.54, 1.807) is 0 Å². The number of hydrogen-bond acceptors (Lipinski definition) is 3. The van der Waals surface area contributed by atoms with Gasteiger partial charge in [-0.05, 0) is 43.7 Å². The summed E-state index contributed by atoms with van der Waals surface area (Å²) in [4.78, 5) is 15.7. The molecular formula is C15H22N2O. The number of carbonyl (C=O) groups excluding carboxylic acids is 1. The molecule has 1 aliphatic rings. The van der Waals surface area contributed by atoms with Crippen molar-refractivity contribution in [2.24, 2.45) is 0 Å². The monoisotopic (exact) mass is 246 g/mol. The van der Waals surface area contributed by atoms with Gasteiger partial charge in [0.05, 0.1) is 0 Å². The SMILES string of the molecule is CCCN1CCN(c2ccc(C=O)cc2C)CC1. The van der Waals surface area contributed by atoms with Crippen LogP contribution in [0.3, 0.4) is 0 Å². The van der Waals surface area contributed by atoms with Crippen LogP contribution in [-0.4, -0.2) is 43.9 Å². The second-order valence-electron chi connectivity index (χ2n) is 4.99. The number of hydrogen-bond donors (Lipinski definition) is 0. The van der Waals surface area contributed by atoms with Crippen molar-refractivity contribution in [2.45, 2.75) is 20.3 Å². The molecule has 0 aromatic heterocycles. The minimum atomic E-state index is 0.765.